The number of nitrogens with zero attached hydrogens (tertiary/aromatic N) is 1. The Morgan fingerprint density at radius 3 is 2.10 bits per heavy atom. The summed E-state index contributed by atoms with van der Waals surface area (Å²) in [5.74, 6) is 1.18. The first-order valence-electron chi connectivity index (χ1n) is 6.12. The van der Waals surface area contributed by atoms with Gasteiger partial charge in [-0.3, -0.25) is 4.79 Å². The van der Waals surface area contributed by atoms with Crippen LogP contribution in [0.15, 0.2) is 16.9 Å². The standard InChI is InChI=1S/C14H16N2O5/c1-7-13(17)15-12(16-14(7)18)8-5-9(19-2)11(21-4)10(6-8)20-3/h5-6H,1-4H3,(H2,15,16,17,18). The molecule has 0 bridgehead atoms. The molecule has 0 fully saturated rings. The van der Waals surface area contributed by atoms with Crippen LogP contribution in [-0.2, 0) is 0 Å². The Hall–Kier alpha value is -2.70. The Balaban J connectivity index is 2.67. The van der Waals surface area contributed by atoms with Gasteiger partial charge in [-0.1, -0.05) is 0 Å². The van der Waals surface area contributed by atoms with Gasteiger partial charge in [-0.25, -0.2) is 0 Å². The molecule has 0 aliphatic rings. The van der Waals surface area contributed by atoms with E-state index in [1.165, 1.54) is 28.3 Å². The number of hydrogen-bond donors (Lipinski definition) is 2. The summed E-state index contributed by atoms with van der Waals surface area (Å²) in [5.41, 5.74) is 0.273. The molecule has 1 aromatic heterocycles. The van der Waals surface area contributed by atoms with Crippen molar-refractivity contribution in [3.8, 4) is 34.5 Å². The summed E-state index contributed by atoms with van der Waals surface area (Å²) in [4.78, 5) is 18.3. The van der Waals surface area contributed by atoms with Gasteiger partial charge in [-0.05, 0) is 19.1 Å². The monoisotopic (exact) mass is 292 g/mol. The van der Waals surface area contributed by atoms with Crippen molar-refractivity contribution in [3.05, 3.63) is 28.0 Å². The van der Waals surface area contributed by atoms with E-state index < -0.39 is 5.56 Å². The van der Waals surface area contributed by atoms with Crippen molar-refractivity contribution in [1.29, 1.82) is 0 Å². The van der Waals surface area contributed by atoms with Crippen molar-refractivity contribution in [3.63, 3.8) is 0 Å². The predicted octanol–water partition coefficient (Wildman–Crippen LogP) is 1.48. The van der Waals surface area contributed by atoms with Crippen LogP contribution >= 0.6 is 0 Å². The van der Waals surface area contributed by atoms with Crippen molar-refractivity contribution in [2.24, 2.45) is 0 Å². The number of hydrogen-bond acceptors (Lipinski definition) is 6. The molecular formula is C14H16N2O5. The van der Waals surface area contributed by atoms with Gasteiger partial charge in [0.05, 0.1) is 26.9 Å². The molecule has 0 atom stereocenters. The van der Waals surface area contributed by atoms with Gasteiger partial charge >= 0.3 is 0 Å². The van der Waals surface area contributed by atoms with Gasteiger partial charge in [0.2, 0.25) is 11.6 Å². The Kier molecular flexibility index (Phi) is 4.02. The number of aromatic hydroxyl groups is 1. The fraction of sp³-hybridized carbons (Fsp3) is 0.286. The van der Waals surface area contributed by atoms with Crippen LogP contribution in [0.2, 0.25) is 0 Å². The van der Waals surface area contributed by atoms with Crippen LogP contribution in [-0.4, -0.2) is 36.4 Å². The van der Waals surface area contributed by atoms with Crippen LogP contribution in [0, 0.1) is 6.92 Å². The molecule has 112 valence electrons. The largest absolute Gasteiger partial charge is 0.493 e. The van der Waals surface area contributed by atoms with E-state index in [0.29, 0.717) is 22.8 Å². The maximum Gasteiger partial charge on any atom is 0.257 e. The van der Waals surface area contributed by atoms with Gasteiger partial charge in [-0.15, -0.1) is 0 Å². The van der Waals surface area contributed by atoms with Crippen LogP contribution in [0.4, 0.5) is 0 Å². The Labute approximate surface area is 121 Å². The molecule has 21 heavy (non-hydrogen) atoms. The molecule has 0 radical (unpaired) electrons. The van der Waals surface area contributed by atoms with Gasteiger partial charge in [0, 0.05) is 5.56 Å². The molecule has 2 rings (SSSR count). The van der Waals surface area contributed by atoms with Crippen molar-refractivity contribution < 1.29 is 19.3 Å². The second-order valence-electron chi connectivity index (χ2n) is 4.28. The van der Waals surface area contributed by atoms with E-state index in [1.54, 1.807) is 12.1 Å². The number of benzene rings is 1. The van der Waals surface area contributed by atoms with E-state index in [-0.39, 0.29) is 17.3 Å². The fourth-order valence-electron chi connectivity index (χ4n) is 1.88. The first-order valence-corrected chi connectivity index (χ1v) is 6.12. The third-order valence-corrected chi connectivity index (χ3v) is 3.06. The summed E-state index contributed by atoms with van der Waals surface area (Å²) >= 11 is 0. The summed E-state index contributed by atoms with van der Waals surface area (Å²) in [7, 11) is 4.48. The van der Waals surface area contributed by atoms with E-state index in [4.69, 9.17) is 14.2 Å². The van der Waals surface area contributed by atoms with Gasteiger partial charge in [0.15, 0.2) is 11.5 Å². The Morgan fingerprint density at radius 2 is 1.67 bits per heavy atom. The van der Waals surface area contributed by atoms with E-state index >= 15 is 0 Å². The summed E-state index contributed by atoms with van der Waals surface area (Å²) in [5, 5.41) is 9.68. The lowest BCUT2D eigenvalue weighted by atomic mass is 10.1. The van der Waals surface area contributed by atoms with Crippen molar-refractivity contribution in [1.82, 2.24) is 9.97 Å². The normalized spacial score (nSPS) is 10.3. The zero-order valence-corrected chi connectivity index (χ0v) is 12.2. The number of ether oxygens (including phenoxy) is 3. The van der Waals surface area contributed by atoms with E-state index in [2.05, 4.69) is 9.97 Å². The van der Waals surface area contributed by atoms with Gasteiger partial charge in [0.1, 0.15) is 5.82 Å². The summed E-state index contributed by atoms with van der Waals surface area (Å²) in [6, 6.07) is 3.27. The molecule has 0 unspecified atom stereocenters. The lowest BCUT2D eigenvalue weighted by Gasteiger charge is -2.14. The highest BCUT2D eigenvalue weighted by atomic mass is 16.5. The van der Waals surface area contributed by atoms with Crippen LogP contribution < -0.4 is 19.8 Å². The molecular weight excluding hydrogens is 276 g/mol. The van der Waals surface area contributed by atoms with Crippen LogP contribution in [0.1, 0.15) is 5.56 Å². The van der Waals surface area contributed by atoms with E-state index in [1.807, 2.05) is 0 Å². The van der Waals surface area contributed by atoms with Gasteiger partial charge < -0.3 is 24.3 Å². The minimum absolute atomic E-state index is 0.159. The zero-order chi connectivity index (χ0) is 15.6. The van der Waals surface area contributed by atoms with Crippen LogP contribution in [0.5, 0.6) is 23.1 Å². The predicted molar refractivity (Wildman–Crippen MR) is 76.4 cm³/mol. The molecule has 0 saturated heterocycles. The van der Waals surface area contributed by atoms with Crippen molar-refractivity contribution >= 4 is 0 Å². The van der Waals surface area contributed by atoms with Crippen molar-refractivity contribution in [2.45, 2.75) is 6.92 Å². The number of nitrogens with one attached hydrogen (secondary N) is 1. The highest BCUT2D eigenvalue weighted by molar-refractivity contribution is 5.66. The number of H-pyrrole nitrogens is 1. The lowest BCUT2D eigenvalue weighted by Crippen LogP contribution is -2.12. The third-order valence-electron chi connectivity index (χ3n) is 3.06. The molecule has 7 nitrogen and oxygen atoms in total. The molecule has 2 aromatic rings. The lowest BCUT2D eigenvalue weighted by molar-refractivity contribution is 0.324. The summed E-state index contributed by atoms with van der Waals surface area (Å²) in [6.45, 7) is 1.49. The minimum Gasteiger partial charge on any atom is -0.493 e. The number of methoxy groups -OCH3 is 3. The third kappa shape index (κ3) is 2.62. The quantitative estimate of drug-likeness (QED) is 0.886. The second kappa shape index (κ2) is 5.74. The summed E-state index contributed by atoms with van der Waals surface area (Å²) < 4.78 is 15.7. The number of aromatic nitrogens is 2. The van der Waals surface area contributed by atoms with Crippen LogP contribution in [0.3, 0.4) is 0 Å². The Morgan fingerprint density at radius 1 is 1.10 bits per heavy atom. The van der Waals surface area contributed by atoms with Crippen molar-refractivity contribution in [2.75, 3.05) is 21.3 Å². The second-order valence-corrected chi connectivity index (χ2v) is 4.28. The van der Waals surface area contributed by atoms with Gasteiger partial charge in [0.25, 0.3) is 5.56 Å². The molecule has 0 aliphatic heterocycles. The molecule has 0 aliphatic carbocycles. The molecule has 1 heterocycles. The molecule has 0 amide bonds. The minimum atomic E-state index is -0.411. The number of rotatable bonds is 4. The zero-order valence-electron chi connectivity index (χ0n) is 12.2. The topological polar surface area (TPSA) is 93.7 Å². The van der Waals surface area contributed by atoms with E-state index in [9.17, 15) is 9.90 Å². The average molecular weight is 292 g/mol. The molecule has 2 N–H and O–H groups in total. The van der Waals surface area contributed by atoms with Crippen LogP contribution in [0.25, 0.3) is 11.4 Å². The molecule has 7 heteroatoms. The highest BCUT2D eigenvalue weighted by Crippen LogP contribution is 2.40. The highest BCUT2D eigenvalue weighted by Gasteiger charge is 2.16. The average Bonchev–Trinajstić information content (AvgIpc) is 2.50. The maximum atomic E-state index is 11.7. The molecule has 0 saturated carbocycles. The van der Waals surface area contributed by atoms with Gasteiger partial charge in [-0.2, -0.15) is 4.98 Å². The number of aromatic amines is 1. The molecule has 1 aromatic carbocycles. The maximum absolute atomic E-state index is 11.7. The summed E-state index contributed by atoms with van der Waals surface area (Å²) in [6.07, 6.45) is 0. The van der Waals surface area contributed by atoms with E-state index in [0.717, 1.165) is 0 Å². The first-order chi connectivity index (χ1) is 10.0. The fourth-order valence-corrected chi connectivity index (χ4v) is 1.88. The smallest absolute Gasteiger partial charge is 0.257 e. The SMILES string of the molecule is COc1cc(-c2nc(O)c(C)c(=O)[nH]2)cc(OC)c1OC. The Bertz CT molecular complexity index is 699. The molecule has 0 spiro atoms. The first kappa shape index (κ1) is 14.7.